The van der Waals surface area contributed by atoms with Crippen molar-refractivity contribution in [2.24, 2.45) is 5.92 Å². The Hall–Kier alpha value is -2.11. The van der Waals surface area contributed by atoms with Gasteiger partial charge in [-0.3, -0.25) is 4.90 Å². The number of hydrogen-bond donors (Lipinski definition) is 2. The van der Waals surface area contributed by atoms with Crippen LogP contribution >= 0.6 is 11.6 Å². The molecule has 0 bridgehead atoms. The Kier molecular flexibility index (Phi) is 6.47. The van der Waals surface area contributed by atoms with Gasteiger partial charge in [0.05, 0.1) is 5.69 Å². The van der Waals surface area contributed by atoms with Crippen LogP contribution < -0.4 is 10.6 Å². The quantitative estimate of drug-likeness (QED) is 0.807. The van der Waals surface area contributed by atoms with Gasteiger partial charge in [-0.1, -0.05) is 35.9 Å². The first-order valence-electron chi connectivity index (χ1n) is 8.86. The average molecular weight is 376 g/mol. The number of halogens is 2. The molecule has 26 heavy (non-hydrogen) atoms. The van der Waals surface area contributed by atoms with Gasteiger partial charge in [-0.15, -0.1) is 0 Å². The lowest BCUT2D eigenvalue weighted by Crippen LogP contribution is -2.39. The number of amides is 2. The smallest absolute Gasteiger partial charge is 0.319 e. The summed E-state index contributed by atoms with van der Waals surface area (Å²) >= 11 is 6.04. The van der Waals surface area contributed by atoms with Crippen molar-refractivity contribution in [2.75, 3.05) is 25.0 Å². The van der Waals surface area contributed by atoms with Gasteiger partial charge in [0, 0.05) is 18.1 Å². The zero-order valence-electron chi connectivity index (χ0n) is 14.6. The highest BCUT2D eigenvalue weighted by molar-refractivity contribution is 6.30. The molecule has 1 saturated heterocycles. The van der Waals surface area contributed by atoms with Gasteiger partial charge in [-0.05, 0) is 61.7 Å². The van der Waals surface area contributed by atoms with E-state index in [1.807, 2.05) is 18.2 Å². The van der Waals surface area contributed by atoms with Crippen LogP contribution in [0.2, 0.25) is 5.02 Å². The summed E-state index contributed by atoms with van der Waals surface area (Å²) in [7, 11) is 0. The molecule has 1 aliphatic rings. The van der Waals surface area contributed by atoms with Crippen LogP contribution in [0.4, 0.5) is 14.9 Å². The van der Waals surface area contributed by atoms with E-state index in [0.29, 0.717) is 12.5 Å². The Balaban J connectivity index is 1.39. The van der Waals surface area contributed by atoms with Crippen LogP contribution in [0, 0.1) is 11.7 Å². The van der Waals surface area contributed by atoms with Crippen LogP contribution in [-0.4, -0.2) is 30.6 Å². The molecule has 1 heterocycles. The number of urea groups is 1. The minimum atomic E-state index is -0.433. The zero-order chi connectivity index (χ0) is 18.4. The van der Waals surface area contributed by atoms with Gasteiger partial charge in [-0.25, -0.2) is 9.18 Å². The van der Waals surface area contributed by atoms with Crippen molar-refractivity contribution in [3.8, 4) is 0 Å². The predicted molar refractivity (Wildman–Crippen MR) is 103 cm³/mol. The van der Waals surface area contributed by atoms with Gasteiger partial charge in [0.25, 0.3) is 0 Å². The number of nitrogens with zero attached hydrogens (tertiary/aromatic N) is 1. The largest absolute Gasteiger partial charge is 0.338 e. The summed E-state index contributed by atoms with van der Waals surface area (Å²) in [5.41, 5.74) is 1.42. The fourth-order valence-electron chi connectivity index (χ4n) is 3.21. The van der Waals surface area contributed by atoms with E-state index in [1.54, 1.807) is 18.2 Å². The summed E-state index contributed by atoms with van der Waals surface area (Å²) in [6, 6.07) is 13.7. The maximum Gasteiger partial charge on any atom is 0.319 e. The summed E-state index contributed by atoms with van der Waals surface area (Å²) in [5.74, 6) is 0.00829. The molecule has 1 fully saturated rings. The normalized spacial score (nSPS) is 15.6. The third-order valence-corrected chi connectivity index (χ3v) is 4.91. The lowest BCUT2D eigenvalue weighted by Gasteiger charge is -2.32. The molecule has 0 saturated carbocycles. The van der Waals surface area contributed by atoms with Crippen molar-refractivity contribution < 1.29 is 9.18 Å². The molecule has 0 aliphatic carbocycles. The molecule has 2 amide bonds. The van der Waals surface area contributed by atoms with Crippen molar-refractivity contribution in [3.63, 3.8) is 0 Å². The molecule has 0 spiro atoms. The van der Waals surface area contributed by atoms with E-state index in [-0.39, 0.29) is 11.7 Å². The number of carbonyl (C=O) groups excluding carboxylic acids is 1. The molecule has 2 aromatic rings. The molecule has 4 nitrogen and oxygen atoms in total. The molecule has 2 aromatic carbocycles. The lowest BCUT2D eigenvalue weighted by atomic mass is 9.96. The monoisotopic (exact) mass is 375 g/mol. The number of anilines is 1. The minimum absolute atomic E-state index is 0.196. The van der Waals surface area contributed by atoms with Gasteiger partial charge in [0.15, 0.2) is 0 Å². The molecule has 0 radical (unpaired) electrons. The van der Waals surface area contributed by atoms with Crippen LogP contribution in [0.25, 0.3) is 0 Å². The van der Waals surface area contributed by atoms with Crippen molar-refractivity contribution in [1.29, 1.82) is 0 Å². The minimum Gasteiger partial charge on any atom is -0.338 e. The summed E-state index contributed by atoms with van der Waals surface area (Å²) in [4.78, 5) is 14.3. The number of piperidine rings is 1. The van der Waals surface area contributed by atoms with E-state index < -0.39 is 5.82 Å². The molecule has 0 atom stereocenters. The van der Waals surface area contributed by atoms with E-state index in [0.717, 1.165) is 37.5 Å². The van der Waals surface area contributed by atoms with Crippen LogP contribution in [0.15, 0.2) is 48.5 Å². The van der Waals surface area contributed by atoms with Crippen molar-refractivity contribution in [3.05, 3.63) is 64.9 Å². The first kappa shape index (κ1) is 18.7. The maximum absolute atomic E-state index is 13.5. The van der Waals surface area contributed by atoms with Crippen LogP contribution in [0.1, 0.15) is 18.4 Å². The highest BCUT2D eigenvalue weighted by Gasteiger charge is 2.20. The van der Waals surface area contributed by atoms with E-state index in [2.05, 4.69) is 21.6 Å². The molecule has 6 heteroatoms. The maximum atomic E-state index is 13.5. The summed E-state index contributed by atoms with van der Waals surface area (Å²) in [5, 5.41) is 6.16. The summed E-state index contributed by atoms with van der Waals surface area (Å²) in [6.07, 6.45) is 2.06. The number of benzene rings is 2. The summed E-state index contributed by atoms with van der Waals surface area (Å²) in [6.45, 7) is 3.49. The third-order valence-electron chi connectivity index (χ3n) is 4.68. The first-order valence-corrected chi connectivity index (χ1v) is 9.24. The Morgan fingerprint density at radius 2 is 1.92 bits per heavy atom. The van der Waals surface area contributed by atoms with Crippen LogP contribution in [-0.2, 0) is 6.54 Å². The van der Waals surface area contributed by atoms with Gasteiger partial charge >= 0.3 is 6.03 Å². The zero-order valence-corrected chi connectivity index (χ0v) is 15.3. The van der Waals surface area contributed by atoms with Crippen molar-refractivity contribution in [1.82, 2.24) is 10.2 Å². The van der Waals surface area contributed by atoms with Gasteiger partial charge in [0.2, 0.25) is 0 Å². The standard InChI is InChI=1S/C20H23ClFN3O/c21-17-5-3-4-16(12-17)14-25-10-8-15(9-11-25)13-23-20(26)24-19-7-2-1-6-18(19)22/h1-7,12,15H,8-11,13-14H2,(H2,23,24,26). The second-order valence-electron chi connectivity index (χ2n) is 6.66. The second kappa shape index (κ2) is 9.01. The Bertz CT molecular complexity index is 747. The number of rotatable bonds is 5. The molecule has 0 unspecified atom stereocenters. The van der Waals surface area contributed by atoms with Gasteiger partial charge < -0.3 is 10.6 Å². The average Bonchev–Trinajstić information content (AvgIpc) is 2.63. The highest BCUT2D eigenvalue weighted by Crippen LogP contribution is 2.20. The molecular weight excluding hydrogens is 353 g/mol. The molecule has 2 N–H and O–H groups in total. The third kappa shape index (κ3) is 5.44. The number of nitrogens with one attached hydrogen (secondary N) is 2. The Labute approximate surface area is 158 Å². The fraction of sp³-hybridized carbons (Fsp3) is 0.350. The summed E-state index contributed by atoms with van der Waals surface area (Å²) < 4.78 is 13.5. The van der Waals surface area contributed by atoms with Gasteiger partial charge in [-0.2, -0.15) is 0 Å². The lowest BCUT2D eigenvalue weighted by molar-refractivity contribution is 0.175. The van der Waals surface area contributed by atoms with E-state index in [4.69, 9.17) is 11.6 Å². The van der Waals surface area contributed by atoms with E-state index in [1.165, 1.54) is 11.6 Å². The number of carbonyl (C=O) groups is 1. The first-order chi connectivity index (χ1) is 12.6. The molecule has 138 valence electrons. The molecule has 3 rings (SSSR count). The topological polar surface area (TPSA) is 44.4 Å². The Morgan fingerprint density at radius 1 is 1.15 bits per heavy atom. The predicted octanol–water partition coefficient (Wildman–Crippen LogP) is 4.51. The number of hydrogen-bond acceptors (Lipinski definition) is 2. The van der Waals surface area contributed by atoms with E-state index >= 15 is 0 Å². The van der Waals surface area contributed by atoms with Gasteiger partial charge in [0.1, 0.15) is 5.82 Å². The molecule has 0 aromatic heterocycles. The van der Waals surface area contributed by atoms with Crippen LogP contribution in [0.3, 0.4) is 0 Å². The van der Waals surface area contributed by atoms with Crippen LogP contribution in [0.5, 0.6) is 0 Å². The van der Waals surface area contributed by atoms with E-state index in [9.17, 15) is 9.18 Å². The fourth-order valence-corrected chi connectivity index (χ4v) is 3.42. The molecular formula is C20H23ClFN3O. The van der Waals surface area contributed by atoms with Crippen molar-refractivity contribution >= 4 is 23.3 Å². The molecule has 1 aliphatic heterocycles. The number of para-hydroxylation sites is 1. The van der Waals surface area contributed by atoms with Crippen molar-refractivity contribution in [2.45, 2.75) is 19.4 Å². The number of likely N-dealkylation sites (tertiary alicyclic amines) is 1. The highest BCUT2D eigenvalue weighted by atomic mass is 35.5. The Morgan fingerprint density at radius 3 is 2.65 bits per heavy atom. The second-order valence-corrected chi connectivity index (χ2v) is 7.10. The SMILES string of the molecule is O=C(NCC1CCN(Cc2cccc(Cl)c2)CC1)Nc1ccccc1F.